The number of unbranched alkanes of at least 4 members (excludes halogenated alkanes) is 1. The molecule has 0 radical (unpaired) electrons. The van der Waals surface area contributed by atoms with Gasteiger partial charge in [-0.2, -0.15) is 0 Å². The number of hydrogen-bond acceptors (Lipinski definition) is 7. The molecule has 0 aliphatic carbocycles. The molecule has 0 unspecified atom stereocenters. The monoisotopic (exact) mass is 457 g/mol. The van der Waals surface area contributed by atoms with Gasteiger partial charge in [0.25, 0.3) is 5.69 Å². The van der Waals surface area contributed by atoms with Crippen molar-refractivity contribution in [1.82, 2.24) is 0 Å². The molecule has 0 heterocycles. The Kier molecular flexibility index (Phi) is 11.5. The molecule has 0 fully saturated rings. The molecule has 0 aromatic heterocycles. The number of nitro benzene ring substituents is 1. The Balaban J connectivity index is 1.97. The van der Waals surface area contributed by atoms with Crippen molar-refractivity contribution in [1.29, 1.82) is 0 Å². The average Bonchev–Trinajstić information content (AvgIpc) is 2.82. The minimum atomic E-state index is -0.438. The van der Waals surface area contributed by atoms with Gasteiger partial charge in [0.1, 0.15) is 6.61 Å². The van der Waals surface area contributed by atoms with Crippen LogP contribution in [0.1, 0.15) is 37.8 Å². The van der Waals surface area contributed by atoms with Crippen LogP contribution in [-0.2, 0) is 20.7 Å². The highest BCUT2D eigenvalue weighted by Crippen LogP contribution is 2.29. The van der Waals surface area contributed by atoms with Crippen LogP contribution < -0.4 is 9.47 Å². The van der Waals surface area contributed by atoms with E-state index in [0.717, 1.165) is 24.0 Å². The zero-order valence-corrected chi connectivity index (χ0v) is 19.2. The molecule has 0 amide bonds. The highest BCUT2D eigenvalue weighted by Gasteiger charge is 2.08. The van der Waals surface area contributed by atoms with E-state index in [-0.39, 0.29) is 12.3 Å². The van der Waals surface area contributed by atoms with Crippen LogP contribution in [0.25, 0.3) is 6.08 Å². The van der Waals surface area contributed by atoms with Gasteiger partial charge in [-0.3, -0.25) is 10.1 Å². The fraction of sp³-hybridized carbons (Fsp3) is 0.400. The van der Waals surface area contributed by atoms with Crippen molar-refractivity contribution in [3.8, 4) is 11.5 Å². The number of nitrogens with zero attached hydrogens (tertiary/aromatic N) is 1. The maximum Gasteiger partial charge on any atom is 0.330 e. The smallest absolute Gasteiger partial charge is 0.330 e. The summed E-state index contributed by atoms with van der Waals surface area (Å²) in [6.45, 7) is 6.08. The van der Waals surface area contributed by atoms with E-state index in [1.54, 1.807) is 24.3 Å². The van der Waals surface area contributed by atoms with Gasteiger partial charge in [0.15, 0.2) is 11.5 Å². The third-order valence-electron chi connectivity index (χ3n) is 4.61. The van der Waals surface area contributed by atoms with E-state index in [4.69, 9.17) is 18.9 Å². The van der Waals surface area contributed by atoms with Crippen molar-refractivity contribution in [3.63, 3.8) is 0 Å². The number of nitro groups is 1. The molecule has 0 bridgehead atoms. The molecule has 178 valence electrons. The Labute approximate surface area is 194 Å². The Morgan fingerprint density at radius 2 is 1.73 bits per heavy atom. The third-order valence-corrected chi connectivity index (χ3v) is 4.61. The second kappa shape index (κ2) is 14.6. The normalized spacial score (nSPS) is 10.8. The van der Waals surface area contributed by atoms with Gasteiger partial charge in [0.05, 0.1) is 24.7 Å². The molecular formula is C25H31NO7. The fourth-order valence-corrected chi connectivity index (χ4v) is 2.81. The largest absolute Gasteiger partial charge is 0.490 e. The summed E-state index contributed by atoms with van der Waals surface area (Å²) in [6, 6.07) is 11.9. The molecule has 0 aliphatic rings. The molecule has 8 heteroatoms. The quantitative estimate of drug-likeness (QED) is 0.122. The second-order valence-corrected chi connectivity index (χ2v) is 7.13. The minimum absolute atomic E-state index is 0.0631. The molecule has 33 heavy (non-hydrogen) atoms. The van der Waals surface area contributed by atoms with Crippen LogP contribution >= 0.6 is 0 Å². The number of carbonyl (C=O) groups excluding carboxylic acids is 1. The van der Waals surface area contributed by atoms with Crippen molar-refractivity contribution in [2.45, 2.75) is 33.1 Å². The topological polar surface area (TPSA) is 97.1 Å². The summed E-state index contributed by atoms with van der Waals surface area (Å²) in [5.41, 5.74) is 1.79. The van der Waals surface area contributed by atoms with Gasteiger partial charge in [-0.1, -0.05) is 31.5 Å². The van der Waals surface area contributed by atoms with E-state index < -0.39 is 10.9 Å². The number of carbonyl (C=O) groups is 1. The van der Waals surface area contributed by atoms with Gasteiger partial charge in [0, 0.05) is 31.2 Å². The Bertz CT molecular complexity index is 909. The lowest BCUT2D eigenvalue weighted by molar-refractivity contribution is -0.384. The maximum atomic E-state index is 11.8. The molecule has 8 nitrogen and oxygen atoms in total. The van der Waals surface area contributed by atoms with Crippen LogP contribution in [0.3, 0.4) is 0 Å². The molecule has 0 aliphatic heterocycles. The fourth-order valence-electron chi connectivity index (χ4n) is 2.81. The molecule has 2 rings (SSSR count). The number of benzene rings is 2. The predicted molar refractivity (Wildman–Crippen MR) is 126 cm³/mol. The van der Waals surface area contributed by atoms with E-state index in [1.165, 1.54) is 18.2 Å². The lowest BCUT2D eigenvalue weighted by Crippen LogP contribution is -2.08. The van der Waals surface area contributed by atoms with Crippen molar-refractivity contribution < 1.29 is 28.7 Å². The highest BCUT2D eigenvalue weighted by atomic mass is 16.6. The van der Waals surface area contributed by atoms with E-state index in [0.29, 0.717) is 44.3 Å². The number of rotatable bonds is 15. The zero-order valence-electron chi connectivity index (χ0n) is 19.2. The first-order valence-corrected chi connectivity index (χ1v) is 11.1. The van der Waals surface area contributed by atoms with Gasteiger partial charge in [-0.25, -0.2) is 4.79 Å². The summed E-state index contributed by atoms with van der Waals surface area (Å²) < 4.78 is 22.0. The maximum absolute atomic E-state index is 11.8. The number of hydrogen-bond donors (Lipinski definition) is 0. The van der Waals surface area contributed by atoms with E-state index in [9.17, 15) is 14.9 Å². The summed E-state index contributed by atoms with van der Waals surface area (Å²) in [6.07, 6.45) is 5.54. The summed E-state index contributed by atoms with van der Waals surface area (Å²) in [5, 5.41) is 10.8. The molecule has 0 spiro atoms. The summed E-state index contributed by atoms with van der Waals surface area (Å²) in [5.74, 6) is 0.759. The van der Waals surface area contributed by atoms with Crippen molar-refractivity contribution in [3.05, 3.63) is 69.8 Å². The van der Waals surface area contributed by atoms with Crippen LogP contribution in [0.4, 0.5) is 5.69 Å². The van der Waals surface area contributed by atoms with Crippen LogP contribution in [0.5, 0.6) is 11.5 Å². The van der Waals surface area contributed by atoms with Gasteiger partial charge in [-0.05, 0) is 42.7 Å². The SMILES string of the molecule is CCCCOc1cc(/C=C\C(=O)OCCOCC)ccc1OCCc1ccc([N+](=O)[O-])cc1. The molecule has 2 aromatic rings. The van der Waals surface area contributed by atoms with Gasteiger partial charge >= 0.3 is 5.97 Å². The van der Waals surface area contributed by atoms with Crippen molar-refractivity contribution >= 4 is 17.7 Å². The van der Waals surface area contributed by atoms with Crippen molar-refractivity contribution in [2.24, 2.45) is 0 Å². The van der Waals surface area contributed by atoms with Gasteiger partial charge < -0.3 is 18.9 Å². The van der Waals surface area contributed by atoms with Crippen molar-refractivity contribution in [2.75, 3.05) is 33.0 Å². The molecule has 2 aromatic carbocycles. The molecule has 0 atom stereocenters. The first-order valence-electron chi connectivity index (χ1n) is 11.1. The number of esters is 1. The summed E-state index contributed by atoms with van der Waals surface area (Å²) in [7, 11) is 0. The first kappa shape index (κ1) is 25.9. The standard InChI is InChI=1S/C25H31NO7/c1-3-5-15-31-24-19-21(9-13-25(27)33-18-17-30-4-2)8-12-23(24)32-16-14-20-6-10-22(11-7-20)26(28)29/h6-13,19H,3-5,14-18H2,1-2H3/b13-9-. The summed E-state index contributed by atoms with van der Waals surface area (Å²) in [4.78, 5) is 22.2. The van der Waals surface area contributed by atoms with Gasteiger partial charge in [-0.15, -0.1) is 0 Å². The van der Waals surface area contributed by atoms with Gasteiger partial charge in [0.2, 0.25) is 0 Å². The summed E-state index contributed by atoms with van der Waals surface area (Å²) >= 11 is 0. The molecular weight excluding hydrogens is 426 g/mol. The Morgan fingerprint density at radius 1 is 0.970 bits per heavy atom. The van der Waals surface area contributed by atoms with Crippen LogP contribution in [0.2, 0.25) is 0 Å². The number of non-ortho nitro benzene ring substituents is 1. The lowest BCUT2D eigenvalue weighted by atomic mass is 10.1. The minimum Gasteiger partial charge on any atom is -0.490 e. The lowest BCUT2D eigenvalue weighted by Gasteiger charge is -2.13. The Hall–Kier alpha value is -3.39. The van der Waals surface area contributed by atoms with E-state index >= 15 is 0 Å². The predicted octanol–water partition coefficient (Wildman–Crippen LogP) is 4.99. The number of ether oxygens (including phenoxy) is 4. The van der Waals surface area contributed by atoms with E-state index in [2.05, 4.69) is 6.92 Å². The van der Waals surface area contributed by atoms with Crippen LogP contribution in [0.15, 0.2) is 48.5 Å². The molecule has 0 saturated heterocycles. The Morgan fingerprint density at radius 3 is 2.42 bits per heavy atom. The third kappa shape index (κ3) is 9.74. The first-order chi connectivity index (χ1) is 16.0. The highest BCUT2D eigenvalue weighted by molar-refractivity contribution is 5.87. The molecule has 0 N–H and O–H groups in total. The average molecular weight is 458 g/mol. The molecule has 0 saturated carbocycles. The van der Waals surface area contributed by atoms with E-state index in [1.807, 2.05) is 19.1 Å². The van der Waals surface area contributed by atoms with Crippen LogP contribution in [0, 0.1) is 10.1 Å². The zero-order chi connectivity index (χ0) is 23.9. The van der Waals surface area contributed by atoms with Crippen LogP contribution in [-0.4, -0.2) is 43.9 Å². The second-order valence-electron chi connectivity index (χ2n) is 7.13.